The number of anilines is 1. The molecular formula is C15H14N2O2S. The van der Waals surface area contributed by atoms with E-state index >= 15 is 0 Å². The largest absolute Gasteiger partial charge is 0.504 e. The van der Waals surface area contributed by atoms with Gasteiger partial charge in [0, 0.05) is 11.1 Å². The molecule has 1 aliphatic rings. The predicted octanol–water partition coefficient (Wildman–Crippen LogP) is 2.75. The lowest BCUT2D eigenvalue weighted by Crippen LogP contribution is -2.25. The van der Waals surface area contributed by atoms with E-state index in [0.29, 0.717) is 6.42 Å². The second-order valence-corrected chi connectivity index (χ2v) is 6.03. The molecule has 1 aromatic heterocycles. The number of carbonyl (C=O) groups excluding carboxylic acids is 1. The summed E-state index contributed by atoms with van der Waals surface area (Å²) in [5.74, 6) is 0.0697. The summed E-state index contributed by atoms with van der Waals surface area (Å²) in [6, 6.07) is 9.36. The number of aryl methyl sites for hydroxylation is 1. The minimum absolute atomic E-state index is 0.0165. The van der Waals surface area contributed by atoms with Crippen molar-refractivity contribution < 1.29 is 9.90 Å². The Bertz CT molecular complexity index is 673. The number of hydrogen-bond acceptors (Lipinski definition) is 4. The van der Waals surface area contributed by atoms with Crippen molar-refractivity contribution in [3.8, 4) is 5.75 Å². The van der Waals surface area contributed by atoms with Crippen molar-refractivity contribution in [3.63, 3.8) is 0 Å². The lowest BCUT2D eigenvalue weighted by Gasteiger charge is -2.09. The van der Waals surface area contributed by atoms with Crippen LogP contribution in [-0.4, -0.2) is 21.2 Å². The molecule has 2 aromatic rings. The van der Waals surface area contributed by atoms with E-state index in [1.165, 1.54) is 23.4 Å². The number of aromatic nitrogens is 1. The summed E-state index contributed by atoms with van der Waals surface area (Å²) >= 11 is 1.56. The molecule has 3 rings (SSSR count). The molecule has 5 heteroatoms. The molecule has 4 nitrogen and oxygen atoms in total. The van der Waals surface area contributed by atoms with Crippen LogP contribution in [0.1, 0.15) is 11.1 Å². The summed E-state index contributed by atoms with van der Waals surface area (Å²) < 4.78 is 0. The first-order valence-electron chi connectivity index (χ1n) is 6.34. The maximum atomic E-state index is 12.2. The topological polar surface area (TPSA) is 62.2 Å². The molecule has 20 heavy (non-hydrogen) atoms. The van der Waals surface area contributed by atoms with Gasteiger partial charge in [0.1, 0.15) is 0 Å². The van der Waals surface area contributed by atoms with E-state index in [1.807, 2.05) is 6.92 Å². The van der Waals surface area contributed by atoms with Crippen molar-refractivity contribution in [2.24, 2.45) is 0 Å². The highest BCUT2D eigenvalue weighted by Gasteiger charge is 2.28. The average molecular weight is 286 g/mol. The lowest BCUT2D eigenvalue weighted by molar-refractivity contribution is -0.115. The van der Waals surface area contributed by atoms with Gasteiger partial charge in [-0.3, -0.25) is 4.79 Å². The predicted molar refractivity (Wildman–Crippen MR) is 79.1 cm³/mol. The standard InChI is InChI=1S/C15H14N2O2S/c1-9-4-5-10-8-13(20-12(10)7-9)15(19)17-14-11(18)3-2-6-16-14/h2-7,13,18H,8H2,1H3,(H,16,17,19). The third kappa shape index (κ3) is 2.49. The molecule has 0 bridgehead atoms. The molecule has 0 fully saturated rings. The van der Waals surface area contributed by atoms with Crippen LogP contribution in [0.4, 0.5) is 5.82 Å². The molecular weight excluding hydrogens is 272 g/mol. The van der Waals surface area contributed by atoms with Gasteiger partial charge in [0.25, 0.3) is 0 Å². The number of carbonyl (C=O) groups is 1. The third-order valence-corrected chi connectivity index (χ3v) is 4.52. The molecule has 1 atom stereocenters. The lowest BCUT2D eigenvalue weighted by atomic mass is 10.1. The number of aromatic hydroxyl groups is 1. The fourth-order valence-corrected chi connectivity index (χ4v) is 3.46. The number of rotatable bonds is 2. The molecule has 1 amide bonds. The Balaban J connectivity index is 1.73. The van der Waals surface area contributed by atoms with Gasteiger partial charge in [-0.15, -0.1) is 11.8 Å². The molecule has 102 valence electrons. The van der Waals surface area contributed by atoms with E-state index in [0.717, 1.165) is 4.90 Å². The van der Waals surface area contributed by atoms with Crippen molar-refractivity contribution in [1.82, 2.24) is 4.98 Å². The van der Waals surface area contributed by atoms with Crippen molar-refractivity contribution in [1.29, 1.82) is 0 Å². The van der Waals surface area contributed by atoms with Crippen molar-refractivity contribution in [2.45, 2.75) is 23.5 Å². The van der Waals surface area contributed by atoms with Crippen LogP contribution in [0, 0.1) is 6.92 Å². The number of amides is 1. The van der Waals surface area contributed by atoms with Crippen LogP contribution in [0.25, 0.3) is 0 Å². The molecule has 0 saturated heterocycles. The quantitative estimate of drug-likeness (QED) is 0.891. The summed E-state index contributed by atoms with van der Waals surface area (Å²) in [5, 5.41) is 12.1. The van der Waals surface area contributed by atoms with Crippen molar-refractivity contribution in [3.05, 3.63) is 47.7 Å². The molecule has 0 radical (unpaired) electrons. The van der Waals surface area contributed by atoms with Gasteiger partial charge >= 0.3 is 0 Å². The Morgan fingerprint density at radius 3 is 3.10 bits per heavy atom. The molecule has 2 heterocycles. The molecule has 0 aliphatic carbocycles. The summed E-state index contributed by atoms with van der Waals surface area (Å²) in [5.41, 5.74) is 2.39. The molecule has 0 spiro atoms. The van der Waals surface area contributed by atoms with E-state index in [2.05, 4.69) is 28.5 Å². The molecule has 1 aliphatic heterocycles. The minimum atomic E-state index is -0.173. The van der Waals surface area contributed by atoms with Gasteiger partial charge in [-0.2, -0.15) is 0 Å². The van der Waals surface area contributed by atoms with Gasteiger partial charge in [-0.1, -0.05) is 17.7 Å². The van der Waals surface area contributed by atoms with Crippen LogP contribution in [0.3, 0.4) is 0 Å². The number of hydrogen-bond donors (Lipinski definition) is 2. The summed E-state index contributed by atoms with van der Waals surface area (Å²) in [6.07, 6.45) is 2.24. The van der Waals surface area contributed by atoms with E-state index in [1.54, 1.807) is 17.8 Å². The smallest absolute Gasteiger partial charge is 0.239 e. The molecule has 1 aromatic carbocycles. The maximum absolute atomic E-state index is 12.2. The number of thioether (sulfide) groups is 1. The first-order chi connectivity index (χ1) is 9.63. The summed E-state index contributed by atoms with van der Waals surface area (Å²) in [4.78, 5) is 17.4. The van der Waals surface area contributed by atoms with Crippen LogP contribution in [0.15, 0.2) is 41.4 Å². The van der Waals surface area contributed by atoms with Gasteiger partial charge in [-0.05, 0) is 37.1 Å². The van der Waals surface area contributed by atoms with E-state index in [-0.39, 0.29) is 22.7 Å². The second-order valence-electron chi connectivity index (χ2n) is 4.78. The highest BCUT2D eigenvalue weighted by molar-refractivity contribution is 8.01. The van der Waals surface area contributed by atoms with Crippen LogP contribution < -0.4 is 5.32 Å². The van der Waals surface area contributed by atoms with E-state index in [4.69, 9.17) is 0 Å². The monoisotopic (exact) mass is 286 g/mol. The summed E-state index contributed by atoms with van der Waals surface area (Å²) in [7, 11) is 0. The van der Waals surface area contributed by atoms with Gasteiger partial charge in [0.05, 0.1) is 5.25 Å². The van der Waals surface area contributed by atoms with E-state index < -0.39 is 0 Å². The van der Waals surface area contributed by atoms with Crippen LogP contribution >= 0.6 is 11.8 Å². The SMILES string of the molecule is Cc1ccc2c(c1)SC(C(=O)Nc1ncccc1O)C2. The maximum Gasteiger partial charge on any atom is 0.239 e. The Labute approximate surface area is 121 Å². The third-order valence-electron chi connectivity index (χ3n) is 3.22. The molecule has 1 unspecified atom stereocenters. The highest BCUT2D eigenvalue weighted by Crippen LogP contribution is 2.38. The zero-order chi connectivity index (χ0) is 14.1. The average Bonchev–Trinajstić information content (AvgIpc) is 2.84. The number of nitrogens with one attached hydrogen (secondary N) is 1. The Kier molecular flexibility index (Phi) is 3.36. The Morgan fingerprint density at radius 1 is 1.45 bits per heavy atom. The van der Waals surface area contributed by atoms with Gasteiger partial charge in [0.15, 0.2) is 11.6 Å². The first-order valence-corrected chi connectivity index (χ1v) is 7.22. The van der Waals surface area contributed by atoms with Gasteiger partial charge in [0.2, 0.25) is 5.91 Å². The van der Waals surface area contributed by atoms with Gasteiger partial charge in [-0.25, -0.2) is 4.98 Å². The van der Waals surface area contributed by atoms with Gasteiger partial charge < -0.3 is 10.4 Å². The fourth-order valence-electron chi connectivity index (χ4n) is 2.17. The van der Waals surface area contributed by atoms with Crippen molar-refractivity contribution in [2.75, 3.05) is 5.32 Å². The second kappa shape index (κ2) is 5.17. The van der Waals surface area contributed by atoms with Crippen LogP contribution in [-0.2, 0) is 11.2 Å². The number of fused-ring (bicyclic) bond motifs is 1. The zero-order valence-electron chi connectivity index (χ0n) is 11.0. The Morgan fingerprint density at radius 2 is 2.30 bits per heavy atom. The molecule has 0 saturated carbocycles. The highest BCUT2D eigenvalue weighted by atomic mass is 32.2. The number of benzene rings is 1. The van der Waals surface area contributed by atoms with E-state index in [9.17, 15) is 9.90 Å². The minimum Gasteiger partial charge on any atom is -0.504 e. The van der Waals surface area contributed by atoms with Crippen LogP contribution in [0.2, 0.25) is 0 Å². The Hall–Kier alpha value is -2.01. The number of nitrogens with zero attached hydrogens (tertiary/aromatic N) is 1. The fraction of sp³-hybridized carbons (Fsp3) is 0.200. The first kappa shape index (κ1) is 13.0. The summed E-state index contributed by atoms with van der Waals surface area (Å²) in [6.45, 7) is 2.04. The number of pyridine rings is 1. The zero-order valence-corrected chi connectivity index (χ0v) is 11.8. The van der Waals surface area contributed by atoms with Crippen molar-refractivity contribution >= 4 is 23.5 Å². The molecule has 2 N–H and O–H groups in total. The normalized spacial score (nSPS) is 16.8. The van der Waals surface area contributed by atoms with Crippen LogP contribution in [0.5, 0.6) is 5.75 Å².